The van der Waals surface area contributed by atoms with Crippen LogP contribution in [-0.4, -0.2) is 16.3 Å². The van der Waals surface area contributed by atoms with Crippen molar-refractivity contribution in [2.75, 3.05) is 6.54 Å². The van der Waals surface area contributed by atoms with Gasteiger partial charge < -0.3 is 9.79 Å². The van der Waals surface area contributed by atoms with Crippen LogP contribution >= 0.6 is 7.82 Å². The van der Waals surface area contributed by atoms with Crippen molar-refractivity contribution in [2.45, 2.75) is 0 Å². The molecule has 0 bridgehead atoms. The van der Waals surface area contributed by atoms with Crippen molar-refractivity contribution in [2.24, 2.45) is 0 Å². The van der Waals surface area contributed by atoms with Gasteiger partial charge in [0.1, 0.15) is 0 Å². The number of rotatable bonds is 4. The van der Waals surface area contributed by atoms with E-state index in [1.54, 1.807) is 0 Å². The van der Waals surface area contributed by atoms with Crippen molar-refractivity contribution in [3.63, 3.8) is 0 Å². The maximum absolute atomic E-state index is 9.88. The fraction of sp³-hybridized carbons (Fsp3) is 0.333. The Kier molecular flexibility index (Phi) is 3.68. The topological polar surface area (TPSA) is 78.8 Å². The Bertz CT molecular complexity index is 130. The Balaban J connectivity index is 3.28. The van der Waals surface area contributed by atoms with Gasteiger partial charge in [0.2, 0.25) is 0 Å². The van der Waals surface area contributed by atoms with Gasteiger partial charge in [0.05, 0.1) is 0 Å². The second kappa shape index (κ2) is 3.76. The zero-order valence-corrected chi connectivity index (χ0v) is 5.54. The van der Waals surface area contributed by atoms with E-state index in [2.05, 4.69) is 11.2 Å². The van der Waals surface area contributed by atoms with Crippen LogP contribution < -0.4 is 5.48 Å². The van der Waals surface area contributed by atoms with Gasteiger partial charge in [-0.25, -0.2) is 4.57 Å². The van der Waals surface area contributed by atoms with E-state index in [1.165, 1.54) is 6.08 Å². The molecule has 0 spiro atoms. The first-order valence-corrected chi connectivity index (χ1v) is 3.67. The third-order valence-electron chi connectivity index (χ3n) is 0.411. The first kappa shape index (κ1) is 8.81. The van der Waals surface area contributed by atoms with E-state index < -0.39 is 7.82 Å². The average Bonchev–Trinajstić information content (AvgIpc) is 1.63. The normalized spacial score (nSPS) is 11.3. The van der Waals surface area contributed by atoms with Gasteiger partial charge in [-0.1, -0.05) is 6.08 Å². The van der Waals surface area contributed by atoms with E-state index in [9.17, 15) is 4.57 Å². The van der Waals surface area contributed by atoms with Crippen molar-refractivity contribution >= 4 is 7.82 Å². The Labute approximate surface area is 52.5 Å². The molecule has 0 fully saturated rings. The highest BCUT2D eigenvalue weighted by Crippen LogP contribution is 2.33. The summed E-state index contributed by atoms with van der Waals surface area (Å²) >= 11 is 0. The maximum atomic E-state index is 9.88. The molecule has 0 saturated heterocycles. The highest BCUT2D eigenvalue weighted by Gasteiger charge is 2.12. The zero-order valence-electron chi connectivity index (χ0n) is 4.65. The molecule has 0 radical (unpaired) electrons. The summed E-state index contributed by atoms with van der Waals surface area (Å²) in [6, 6.07) is 0. The molecule has 0 aliphatic heterocycles. The number of hydrogen-bond acceptors (Lipinski definition) is 3. The summed E-state index contributed by atoms with van der Waals surface area (Å²) in [5.74, 6) is 0. The van der Waals surface area contributed by atoms with Gasteiger partial charge >= 0.3 is 7.82 Å². The molecule has 9 heavy (non-hydrogen) atoms. The zero-order chi connectivity index (χ0) is 7.33. The molecule has 54 valence electrons. The molecule has 5 nitrogen and oxygen atoms in total. The van der Waals surface area contributed by atoms with Crippen LogP contribution in [0.15, 0.2) is 12.7 Å². The van der Waals surface area contributed by atoms with Crippen molar-refractivity contribution < 1.29 is 19.0 Å². The van der Waals surface area contributed by atoms with Gasteiger partial charge in [0, 0.05) is 6.54 Å². The fourth-order valence-electron chi connectivity index (χ4n) is 0.180. The Morgan fingerprint density at radius 2 is 2.33 bits per heavy atom. The average molecular weight is 153 g/mol. The lowest BCUT2D eigenvalue weighted by Crippen LogP contribution is -2.11. The minimum atomic E-state index is -4.35. The second-order valence-electron chi connectivity index (χ2n) is 1.22. The van der Waals surface area contributed by atoms with Crippen molar-refractivity contribution in [3.8, 4) is 0 Å². The Morgan fingerprint density at radius 3 is 2.67 bits per heavy atom. The molecule has 0 atom stereocenters. The van der Waals surface area contributed by atoms with Crippen molar-refractivity contribution in [3.05, 3.63) is 12.7 Å². The molecule has 0 aromatic carbocycles. The molecule has 0 aliphatic rings. The van der Waals surface area contributed by atoms with Gasteiger partial charge in [-0.2, -0.15) is 10.1 Å². The van der Waals surface area contributed by atoms with Crippen molar-refractivity contribution in [1.82, 2.24) is 5.48 Å². The lowest BCUT2D eigenvalue weighted by molar-refractivity contribution is 0.132. The molecule has 0 heterocycles. The summed E-state index contributed by atoms with van der Waals surface area (Å²) in [4.78, 5) is 16.1. The van der Waals surface area contributed by atoms with Crippen LogP contribution in [0.4, 0.5) is 0 Å². The van der Waals surface area contributed by atoms with E-state index in [0.717, 1.165) is 0 Å². The number of nitrogens with one attached hydrogen (secondary N) is 1. The Morgan fingerprint density at radius 1 is 1.78 bits per heavy atom. The smallest absolute Gasteiger partial charge is 0.302 e. The SMILES string of the molecule is C=CCNOP(=O)(O)O. The quantitative estimate of drug-likeness (QED) is 0.225. The summed E-state index contributed by atoms with van der Waals surface area (Å²) in [6.45, 7) is 3.48. The van der Waals surface area contributed by atoms with Gasteiger partial charge in [-0.15, -0.1) is 6.58 Å². The van der Waals surface area contributed by atoms with E-state index in [0.29, 0.717) is 0 Å². The lowest BCUT2D eigenvalue weighted by Gasteiger charge is -2.02. The summed E-state index contributed by atoms with van der Waals surface area (Å²) in [6.07, 6.45) is 1.41. The molecule has 0 aromatic rings. The lowest BCUT2D eigenvalue weighted by atomic mass is 10.7. The van der Waals surface area contributed by atoms with E-state index in [4.69, 9.17) is 9.79 Å². The van der Waals surface area contributed by atoms with Gasteiger partial charge in [-0.3, -0.25) is 0 Å². The Hall–Kier alpha value is -0.190. The maximum Gasteiger partial charge on any atom is 0.486 e. The van der Waals surface area contributed by atoms with E-state index in [1.807, 2.05) is 5.48 Å². The highest BCUT2D eigenvalue weighted by atomic mass is 31.2. The number of phosphoric acid groups is 1. The number of hydrogen-bond donors (Lipinski definition) is 3. The molecule has 0 unspecified atom stereocenters. The monoisotopic (exact) mass is 153 g/mol. The van der Waals surface area contributed by atoms with Gasteiger partial charge in [0.15, 0.2) is 0 Å². The molecular formula is C3H8NO4P. The van der Waals surface area contributed by atoms with Crippen LogP contribution in [0.25, 0.3) is 0 Å². The molecule has 0 amide bonds. The highest BCUT2D eigenvalue weighted by molar-refractivity contribution is 7.46. The molecule has 0 rings (SSSR count). The van der Waals surface area contributed by atoms with Crippen LogP contribution in [0.1, 0.15) is 0 Å². The van der Waals surface area contributed by atoms with Gasteiger partial charge in [-0.05, 0) is 0 Å². The molecular weight excluding hydrogens is 145 g/mol. The molecule has 0 saturated carbocycles. The summed E-state index contributed by atoms with van der Waals surface area (Å²) in [5.41, 5.74) is 1.99. The number of hydroxylamine groups is 1. The molecule has 0 aliphatic carbocycles. The standard InChI is InChI=1S/C3H8NO4P/c1-2-3-4-8-9(5,6)7/h2,4H,1,3H2,(H2,5,6,7). The fourth-order valence-corrected chi connectivity index (χ4v) is 0.423. The summed E-state index contributed by atoms with van der Waals surface area (Å²) in [7, 11) is -4.35. The third kappa shape index (κ3) is 7.81. The largest absolute Gasteiger partial charge is 0.486 e. The minimum absolute atomic E-state index is 0.200. The van der Waals surface area contributed by atoms with Crippen molar-refractivity contribution in [1.29, 1.82) is 0 Å². The summed E-state index contributed by atoms with van der Waals surface area (Å²) in [5, 5.41) is 0. The van der Waals surface area contributed by atoms with Crippen LogP contribution in [0.2, 0.25) is 0 Å². The molecule has 6 heteroatoms. The van der Waals surface area contributed by atoms with Gasteiger partial charge in [0.25, 0.3) is 0 Å². The van der Waals surface area contributed by atoms with E-state index >= 15 is 0 Å². The second-order valence-corrected chi connectivity index (χ2v) is 2.38. The van der Waals surface area contributed by atoms with Crippen LogP contribution in [0.5, 0.6) is 0 Å². The minimum Gasteiger partial charge on any atom is -0.302 e. The predicted molar refractivity (Wildman–Crippen MR) is 31.3 cm³/mol. The van der Waals surface area contributed by atoms with E-state index in [-0.39, 0.29) is 6.54 Å². The first-order valence-electron chi connectivity index (χ1n) is 2.14. The first-order chi connectivity index (χ1) is 4.06. The summed E-state index contributed by atoms with van der Waals surface area (Å²) < 4.78 is 13.7. The third-order valence-corrected chi connectivity index (χ3v) is 0.778. The van der Waals surface area contributed by atoms with Crippen LogP contribution in [0.3, 0.4) is 0 Å². The molecule has 3 N–H and O–H groups in total. The van der Waals surface area contributed by atoms with Crippen LogP contribution in [0, 0.1) is 0 Å². The predicted octanol–water partition coefficient (Wildman–Crippen LogP) is -0.214. The van der Waals surface area contributed by atoms with Crippen LogP contribution in [-0.2, 0) is 9.19 Å². The molecule has 0 aromatic heterocycles.